The van der Waals surface area contributed by atoms with Gasteiger partial charge in [-0.05, 0) is 38.1 Å². The minimum atomic E-state index is -0.224. The second kappa shape index (κ2) is 6.60. The Hall–Kier alpha value is -2.69. The lowest BCUT2D eigenvalue weighted by atomic mass is 10.1. The van der Waals surface area contributed by atoms with E-state index in [2.05, 4.69) is 5.32 Å². The van der Waals surface area contributed by atoms with Crippen LogP contribution in [-0.2, 0) is 0 Å². The number of rotatable bonds is 4. The van der Waals surface area contributed by atoms with Crippen LogP contribution in [0.5, 0.6) is 17.2 Å². The van der Waals surface area contributed by atoms with Gasteiger partial charge >= 0.3 is 0 Å². The first-order valence-electron chi connectivity index (χ1n) is 7.60. The summed E-state index contributed by atoms with van der Waals surface area (Å²) in [5, 5.41) is 2.87. The molecule has 1 amide bonds. The number of fused-ring (bicyclic) bond motifs is 1. The lowest BCUT2D eigenvalue weighted by molar-refractivity contribution is 0.102. The van der Waals surface area contributed by atoms with Crippen molar-refractivity contribution in [3.05, 3.63) is 48.0 Å². The highest BCUT2D eigenvalue weighted by molar-refractivity contribution is 6.06. The fourth-order valence-electron chi connectivity index (χ4n) is 2.33. The Labute approximate surface area is 135 Å². The molecule has 1 aliphatic rings. The standard InChI is InChI=1S/C18H19NO4/c1-12(2)23-15-6-4-3-5-14(15)18(20)19-13-7-8-16-17(11-13)22-10-9-21-16/h3-8,11-12H,9-10H2,1-2H3,(H,19,20). The molecule has 120 valence electrons. The zero-order chi connectivity index (χ0) is 16.2. The monoisotopic (exact) mass is 313 g/mol. The van der Waals surface area contributed by atoms with Gasteiger partial charge in [-0.25, -0.2) is 0 Å². The Morgan fingerprint density at radius 1 is 1.09 bits per heavy atom. The van der Waals surface area contributed by atoms with Crippen LogP contribution >= 0.6 is 0 Å². The molecule has 0 aliphatic carbocycles. The van der Waals surface area contributed by atoms with Crippen LogP contribution in [0.25, 0.3) is 0 Å². The molecule has 0 unspecified atom stereocenters. The summed E-state index contributed by atoms with van der Waals surface area (Å²) in [6.07, 6.45) is -0.00163. The minimum Gasteiger partial charge on any atom is -0.490 e. The van der Waals surface area contributed by atoms with E-state index in [1.807, 2.05) is 26.0 Å². The molecular formula is C18H19NO4. The molecule has 5 heteroatoms. The molecule has 1 heterocycles. The van der Waals surface area contributed by atoms with Gasteiger partial charge in [-0.2, -0.15) is 0 Å². The molecule has 3 rings (SSSR count). The summed E-state index contributed by atoms with van der Waals surface area (Å²) in [7, 11) is 0. The van der Waals surface area contributed by atoms with Crippen molar-refractivity contribution < 1.29 is 19.0 Å². The zero-order valence-corrected chi connectivity index (χ0v) is 13.2. The lowest BCUT2D eigenvalue weighted by Gasteiger charge is -2.19. The second-order valence-electron chi connectivity index (χ2n) is 5.48. The van der Waals surface area contributed by atoms with Gasteiger partial charge in [0.2, 0.25) is 0 Å². The minimum absolute atomic E-state index is 0.00163. The SMILES string of the molecule is CC(C)Oc1ccccc1C(=O)Nc1ccc2c(c1)OCCO2. The molecule has 1 aliphatic heterocycles. The average Bonchev–Trinajstić information content (AvgIpc) is 2.54. The number of anilines is 1. The van der Waals surface area contributed by atoms with E-state index in [1.54, 1.807) is 30.3 Å². The number of carbonyl (C=O) groups excluding carboxylic acids is 1. The maximum absolute atomic E-state index is 12.5. The normalized spacial score (nSPS) is 12.8. The Morgan fingerprint density at radius 3 is 2.61 bits per heavy atom. The first-order chi connectivity index (χ1) is 11.1. The molecule has 0 atom stereocenters. The van der Waals surface area contributed by atoms with Crippen LogP contribution in [0.2, 0.25) is 0 Å². The summed E-state index contributed by atoms with van der Waals surface area (Å²) < 4.78 is 16.7. The van der Waals surface area contributed by atoms with Crippen molar-refractivity contribution in [1.82, 2.24) is 0 Å². The van der Waals surface area contributed by atoms with Gasteiger partial charge < -0.3 is 19.5 Å². The maximum atomic E-state index is 12.5. The topological polar surface area (TPSA) is 56.8 Å². The molecule has 2 aromatic rings. The fraction of sp³-hybridized carbons (Fsp3) is 0.278. The zero-order valence-electron chi connectivity index (χ0n) is 13.2. The first-order valence-corrected chi connectivity index (χ1v) is 7.60. The Morgan fingerprint density at radius 2 is 1.83 bits per heavy atom. The highest BCUT2D eigenvalue weighted by Crippen LogP contribution is 2.33. The number of hydrogen-bond donors (Lipinski definition) is 1. The largest absolute Gasteiger partial charge is 0.490 e. The fourth-order valence-corrected chi connectivity index (χ4v) is 2.33. The predicted octanol–water partition coefficient (Wildman–Crippen LogP) is 3.50. The Bertz CT molecular complexity index is 712. The Kier molecular flexibility index (Phi) is 4.37. The van der Waals surface area contributed by atoms with Gasteiger partial charge in [0, 0.05) is 11.8 Å². The molecule has 0 spiro atoms. The van der Waals surface area contributed by atoms with E-state index in [0.29, 0.717) is 41.7 Å². The summed E-state index contributed by atoms with van der Waals surface area (Å²) in [6.45, 7) is 4.90. The van der Waals surface area contributed by atoms with Gasteiger partial charge in [0.05, 0.1) is 11.7 Å². The first kappa shape index (κ1) is 15.2. The van der Waals surface area contributed by atoms with E-state index < -0.39 is 0 Å². The van der Waals surface area contributed by atoms with E-state index >= 15 is 0 Å². The maximum Gasteiger partial charge on any atom is 0.259 e. The summed E-state index contributed by atoms with van der Waals surface area (Å²) in [5.41, 5.74) is 1.15. The van der Waals surface area contributed by atoms with Crippen molar-refractivity contribution in [2.45, 2.75) is 20.0 Å². The van der Waals surface area contributed by atoms with Crippen molar-refractivity contribution in [2.75, 3.05) is 18.5 Å². The van der Waals surface area contributed by atoms with E-state index in [9.17, 15) is 4.79 Å². The number of ether oxygens (including phenoxy) is 3. The second-order valence-corrected chi connectivity index (χ2v) is 5.48. The summed E-state index contributed by atoms with van der Waals surface area (Å²) >= 11 is 0. The van der Waals surface area contributed by atoms with Crippen molar-refractivity contribution in [3.8, 4) is 17.2 Å². The molecular weight excluding hydrogens is 294 g/mol. The van der Waals surface area contributed by atoms with E-state index in [1.165, 1.54) is 0 Å². The van der Waals surface area contributed by atoms with E-state index in [4.69, 9.17) is 14.2 Å². The van der Waals surface area contributed by atoms with Crippen LogP contribution in [0.1, 0.15) is 24.2 Å². The number of hydrogen-bond acceptors (Lipinski definition) is 4. The third kappa shape index (κ3) is 3.56. The molecule has 0 fully saturated rings. The molecule has 1 N–H and O–H groups in total. The van der Waals surface area contributed by atoms with E-state index in [-0.39, 0.29) is 12.0 Å². The van der Waals surface area contributed by atoms with Crippen LogP contribution in [0.15, 0.2) is 42.5 Å². The van der Waals surface area contributed by atoms with Gasteiger partial charge in [-0.1, -0.05) is 12.1 Å². The Balaban J connectivity index is 1.79. The highest BCUT2D eigenvalue weighted by Gasteiger charge is 2.16. The van der Waals surface area contributed by atoms with Crippen LogP contribution in [-0.4, -0.2) is 25.2 Å². The number of amides is 1. The third-order valence-electron chi connectivity index (χ3n) is 3.29. The molecule has 0 radical (unpaired) electrons. The van der Waals surface area contributed by atoms with Crippen molar-refractivity contribution in [1.29, 1.82) is 0 Å². The van der Waals surface area contributed by atoms with E-state index in [0.717, 1.165) is 0 Å². The van der Waals surface area contributed by atoms with Gasteiger partial charge in [-0.15, -0.1) is 0 Å². The van der Waals surface area contributed by atoms with Gasteiger partial charge in [-0.3, -0.25) is 4.79 Å². The quantitative estimate of drug-likeness (QED) is 0.938. The summed E-state index contributed by atoms with van der Waals surface area (Å²) in [6, 6.07) is 12.5. The van der Waals surface area contributed by atoms with Crippen molar-refractivity contribution in [3.63, 3.8) is 0 Å². The molecule has 5 nitrogen and oxygen atoms in total. The molecule has 0 saturated carbocycles. The molecule has 0 bridgehead atoms. The predicted molar refractivity (Wildman–Crippen MR) is 87.6 cm³/mol. The molecule has 23 heavy (non-hydrogen) atoms. The van der Waals surface area contributed by atoms with Crippen molar-refractivity contribution in [2.24, 2.45) is 0 Å². The van der Waals surface area contributed by atoms with Crippen LogP contribution in [0.4, 0.5) is 5.69 Å². The third-order valence-corrected chi connectivity index (χ3v) is 3.29. The smallest absolute Gasteiger partial charge is 0.259 e. The van der Waals surface area contributed by atoms with Crippen LogP contribution in [0, 0.1) is 0 Å². The van der Waals surface area contributed by atoms with Crippen LogP contribution in [0.3, 0.4) is 0 Å². The number of benzene rings is 2. The van der Waals surface area contributed by atoms with Gasteiger partial charge in [0.15, 0.2) is 11.5 Å². The molecule has 0 aromatic heterocycles. The number of carbonyl (C=O) groups is 1. The van der Waals surface area contributed by atoms with Gasteiger partial charge in [0.25, 0.3) is 5.91 Å². The molecule has 0 saturated heterocycles. The highest BCUT2D eigenvalue weighted by atomic mass is 16.6. The number of para-hydroxylation sites is 1. The average molecular weight is 313 g/mol. The van der Waals surface area contributed by atoms with Gasteiger partial charge in [0.1, 0.15) is 19.0 Å². The number of nitrogens with one attached hydrogen (secondary N) is 1. The lowest BCUT2D eigenvalue weighted by Crippen LogP contribution is -2.17. The summed E-state index contributed by atoms with van der Waals surface area (Å²) in [4.78, 5) is 12.5. The van der Waals surface area contributed by atoms with Crippen molar-refractivity contribution >= 4 is 11.6 Å². The van der Waals surface area contributed by atoms with Crippen LogP contribution < -0.4 is 19.5 Å². The summed E-state index contributed by atoms with van der Waals surface area (Å²) in [5.74, 6) is 1.68. The molecule has 2 aromatic carbocycles.